The zero-order valence-electron chi connectivity index (χ0n) is 14.6. The number of halogens is 6. The lowest BCUT2D eigenvalue weighted by Gasteiger charge is -2.18. The van der Waals surface area contributed by atoms with Crippen molar-refractivity contribution in [1.82, 2.24) is 9.97 Å². The molecule has 0 bridgehead atoms. The number of nitrogen functional groups attached to an aromatic ring is 1. The summed E-state index contributed by atoms with van der Waals surface area (Å²) in [5.41, 5.74) is 8.24. The van der Waals surface area contributed by atoms with Crippen LogP contribution in [-0.4, -0.2) is 9.97 Å². The smallest absolute Gasteiger partial charge is 0.383 e. The quantitative estimate of drug-likeness (QED) is 0.601. The second kappa shape index (κ2) is 7.36. The Labute approximate surface area is 161 Å². The van der Waals surface area contributed by atoms with E-state index < -0.39 is 29.0 Å². The summed E-state index contributed by atoms with van der Waals surface area (Å²) < 4.78 is 79.6. The molecule has 3 rings (SSSR count). The fourth-order valence-corrected chi connectivity index (χ4v) is 2.80. The average Bonchev–Trinajstić information content (AvgIpc) is 2.66. The third-order valence-electron chi connectivity index (χ3n) is 4.18. The fourth-order valence-electron chi connectivity index (χ4n) is 2.80. The molecule has 2 aromatic carbocycles. The number of alkyl halides is 6. The molecular formula is C19H14F6N4. The molecule has 10 heteroatoms. The van der Waals surface area contributed by atoms with E-state index >= 15 is 0 Å². The minimum Gasteiger partial charge on any atom is -0.383 e. The number of nitrogens with two attached hydrogens (primary N) is 2. The van der Waals surface area contributed by atoms with Crippen molar-refractivity contribution in [2.24, 2.45) is 5.73 Å². The molecule has 3 aromatic rings. The third-order valence-corrected chi connectivity index (χ3v) is 4.18. The standard InChI is InChI=1S/C19H14F6N4/c20-18(21,22)11-6-7-12(14(8-11)19(23,24)25)15-13(9-26)16(27)29-17(28-15)10-4-2-1-3-5-10/h1-8H,9,26H2,(H2,27,28,29). The first-order valence-electron chi connectivity index (χ1n) is 8.23. The van der Waals surface area contributed by atoms with Crippen molar-refractivity contribution in [1.29, 1.82) is 0 Å². The van der Waals surface area contributed by atoms with E-state index in [0.29, 0.717) is 11.6 Å². The van der Waals surface area contributed by atoms with Gasteiger partial charge in [-0.1, -0.05) is 36.4 Å². The maximum atomic E-state index is 13.6. The molecule has 29 heavy (non-hydrogen) atoms. The SMILES string of the molecule is NCc1c(N)nc(-c2ccccc2)nc1-c1ccc(C(F)(F)F)cc1C(F)(F)F. The fraction of sp³-hybridized carbons (Fsp3) is 0.158. The maximum absolute atomic E-state index is 13.6. The van der Waals surface area contributed by atoms with Crippen LogP contribution >= 0.6 is 0 Å². The van der Waals surface area contributed by atoms with Gasteiger partial charge in [0, 0.05) is 23.2 Å². The number of anilines is 1. The van der Waals surface area contributed by atoms with Crippen LogP contribution in [0.3, 0.4) is 0 Å². The Morgan fingerprint density at radius 2 is 1.48 bits per heavy atom. The normalized spacial score (nSPS) is 12.2. The van der Waals surface area contributed by atoms with Crippen molar-refractivity contribution in [2.45, 2.75) is 18.9 Å². The van der Waals surface area contributed by atoms with Gasteiger partial charge in [-0.3, -0.25) is 0 Å². The largest absolute Gasteiger partial charge is 0.417 e. The molecule has 0 aliphatic carbocycles. The molecule has 0 fully saturated rings. The molecule has 0 atom stereocenters. The predicted octanol–water partition coefficient (Wildman–Crippen LogP) is 4.89. The summed E-state index contributed by atoms with van der Waals surface area (Å²) in [6.07, 6.45) is -10.00. The molecule has 0 amide bonds. The molecule has 0 spiro atoms. The van der Waals surface area contributed by atoms with Crippen LogP contribution in [0.25, 0.3) is 22.6 Å². The van der Waals surface area contributed by atoms with Gasteiger partial charge in [0.05, 0.1) is 16.8 Å². The van der Waals surface area contributed by atoms with E-state index in [0.717, 1.165) is 6.07 Å². The summed E-state index contributed by atoms with van der Waals surface area (Å²) >= 11 is 0. The second-order valence-corrected chi connectivity index (χ2v) is 6.09. The highest BCUT2D eigenvalue weighted by molar-refractivity contribution is 5.74. The maximum Gasteiger partial charge on any atom is 0.417 e. The van der Waals surface area contributed by atoms with Gasteiger partial charge in [0.1, 0.15) is 5.82 Å². The zero-order chi connectivity index (χ0) is 21.4. The molecule has 1 aromatic heterocycles. The van der Waals surface area contributed by atoms with Gasteiger partial charge in [-0.25, -0.2) is 9.97 Å². The summed E-state index contributed by atoms with van der Waals surface area (Å²) in [7, 11) is 0. The van der Waals surface area contributed by atoms with Gasteiger partial charge >= 0.3 is 12.4 Å². The van der Waals surface area contributed by atoms with Gasteiger partial charge in [-0.2, -0.15) is 26.3 Å². The molecular weight excluding hydrogens is 398 g/mol. The lowest BCUT2D eigenvalue weighted by Crippen LogP contribution is -2.15. The molecule has 1 heterocycles. The minimum absolute atomic E-state index is 0.00920. The summed E-state index contributed by atoms with van der Waals surface area (Å²) in [6, 6.07) is 9.65. The van der Waals surface area contributed by atoms with Gasteiger partial charge in [0.25, 0.3) is 0 Å². The highest BCUT2D eigenvalue weighted by Crippen LogP contribution is 2.42. The van der Waals surface area contributed by atoms with Crippen LogP contribution in [0.1, 0.15) is 16.7 Å². The topological polar surface area (TPSA) is 77.8 Å². The highest BCUT2D eigenvalue weighted by atomic mass is 19.4. The van der Waals surface area contributed by atoms with Crippen LogP contribution < -0.4 is 11.5 Å². The summed E-state index contributed by atoms with van der Waals surface area (Å²) in [6.45, 7) is -0.297. The van der Waals surface area contributed by atoms with Crippen molar-refractivity contribution < 1.29 is 26.3 Å². The third kappa shape index (κ3) is 4.16. The van der Waals surface area contributed by atoms with Crippen LogP contribution in [0.5, 0.6) is 0 Å². The lowest BCUT2D eigenvalue weighted by atomic mass is 9.97. The monoisotopic (exact) mass is 412 g/mol. The Morgan fingerprint density at radius 1 is 0.828 bits per heavy atom. The molecule has 0 radical (unpaired) electrons. The van der Waals surface area contributed by atoms with Gasteiger partial charge in [-0.05, 0) is 12.1 Å². The van der Waals surface area contributed by atoms with Crippen molar-refractivity contribution in [2.75, 3.05) is 5.73 Å². The number of hydrogen-bond acceptors (Lipinski definition) is 4. The summed E-state index contributed by atoms with van der Waals surface area (Å²) in [5, 5.41) is 0. The number of benzene rings is 2. The first-order chi connectivity index (χ1) is 13.5. The van der Waals surface area contributed by atoms with Gasteiger partial charge in [0.15, 0.2) is 5.82 Å². The zero-order valence-corrected chi connectivity index (χ0v) is 14.6. The number of hydrogen-bond donors (Lipinski definition) is 2. The molecule has 0 aliphatic heterocycles. The molecule has 0 saturated carbocycles. The Hall–Kier alpha value is -3.14. The van der Waals surface area contributed by atoms with E-state index in [1.807, 2.05) is 0 Å². The number of nitrogens with zero attached hydrogens (tertiary/aromatic N) is 2. The van der Waals surface area contributed by atoms with Crippen molar-refractivity contribution >= 4 is 5.82 Å². The lowest BCUT2D eigenvalue weighted by molar-refractivity contribution is -0.142. The first kappa shape index (κ1) is 20.6. The summed E-state index contributed by atoms with van der Waals surface area (Å²) in [4.78, 5) is 8.23. The van der Waals surface area contributed by atoms with Crippen LogP contribution in [-0.2, 0) is 18.9 Å². The van der Waals surface area contributed by atoms with E-state index in [4.69, 9.17) is 11.5 Å². The Balaban J connectivity index is 2.31. The second-order valence-electron chi connectivity index (χ2n) is 6.09. The molecule has 4 nitrogen and oxygen atoms in total. The molecule has 0 unspecified atom stereocenters. The van der Waals surface area contributed by atoms with Crippen LogP contribution in [0.4, 0.5) is 32.2 Å². The van der Waals surface area contributed by atoms with Crippen LogP contribution in [0, 0.1) is 0 Å². The Morgan fingerprint density at radius 3 is 2.03 bits per heavy atom. The minimum atomic E-state index is -5.06. The van der Waals surface area contributed by atoms with Crippen molar-refractivity contribution in [3.63, 3.8) is 0 Å². The molecule has 152 valence electrons. The first-order valence-corrected chi connectivity index (χ1v) is 8.23. The van der Waals surface area contributed by atoms with Crippen molar-refractivity contribution in [3.8, 4) is 22.6 Å². The van der Waals surface area contributed by atoms with E-state index in [-0.39, 0.29) is 35.5 Å². The molecule has 0 aliphatic rings. The Bertz CT molecular complexity index is 1030. The van der Waals surface area contributed by atoms with Crippen molar-refractivity contribution in [3.05, 3.63) is 65.2 Å². The molecule has 4 N–H and O–H groups in total. The van der Waals surface area contributed by atoms with E-state index in [9.17, 15) is 26.3 Å². The van der Waals surface area contributed by atoms with Crippen LogP contribution in [0.15, 0.2) is 48.5 Å². The molecule has 0 saturated heterocycles. The van der Waals surface area contributed by atoms with Gasteiger partial charge in [-0.15, -0.1) is 0 Å². The number of rotatable bonds is 3. The number of aromatic nitrogens is 2. The Kier molecular flexibility index (Phi) is 5.22. The average molecular weight is 412 g/mol. The van der Waals surface area contributed by atoms with E-state index in [1.165, 1.54) is 0 Å². The van der Waals surface area contributed by atoms with Crippen LogP contribution in [0.2, 0.25) is 0 Å². The summed E-state index contributed by atoms with van der Waals surface area (Å²) in [5.74, 6) is -0.118. The van der Waals surface area contributed by atoms with Gasteiger partial charge in [0.2, 0.25) is 0 Å². The predicted molar refractivity (Wildman–Crippen MR) is 95.2 cm³/mol. The highest BCUT2D eigenvalue weighted by Gasteiger charge is 2.39. The van der Waals surface area contributed by atoms with E-state index in [1.54, 1.807) is 30.3 Å². The van der Waals surface area contributed by atoms with E-state index in [2.05, 4.69) is 9.97 Å². The van der Waals surface area contributed by atoms with Gasteiger partial charge < -0.3 is 11.5 Å².